The van der Waals surface area contributed by atoms with Crippen LogP contribution in [-0.2, 0) is 26.4 Å². The Bertz CT molecular complexity index is 548. The van der Waals surface area contributed by atoms with E-state index >= 15 is 0 Å². The fourth-order valence-corrected chi connectivity index (χ4v) is 6.81. The molecule has 3 rings (SSSR count). The molecular weight excluding hydrogens is 283 g/mol. The monoisotopic (exact) mass is 298 g/mol. The number of allylic oxidation sites excluding steroid dienone is 5. The third-order valence-corrected chi connectivity index (χ3v) is 8.40. The molecule has 0 heterocycles. The summed E-state index contributed by atoms with van der Waals surface area (Å²) in [7, 11) is 0. The van der Waals surface area contributed by atoms with E-state index in [-0.39, 0.29) is 0 Å². The molecule has 0 radical (unpaired) electrons. The summed E-state index contributed by atoms with van der Waals surface area (Å²) in [6, 6.07) is 8.91. The molecule has 0 saturated carbocycles. The molecule has 1 unspecified atom stereocenters. The summed E-state index contributed by atoms with van der Waals surface area (Å²) < 4.78 is 2.10. The predicted molar refractivity (Wildman–Crippen MR) is 69.3 cm³/mol. The Morgan fingerprint density at radius 2 is 2.06 bits per heavy atom. The molecule has 0 aromatic heterocycles. The average Bonchev–Trinajstić information content (AvgIpc) is 2.89. The fourth-order valence-electron chi connectivity index (χ4n) is 2.70. The van der Waals surface area contributed by atoms with Crippen LogP contribution in [0.2, 0.25) is 0 Å². The molecule has 2 aliphatic carbocycles. The van der Waals surface area contributed by atoms with Gasteiger partial charge in [-0.1, -0.05) is 0 Å². The summed E-state index contributed by atoms with van der Waals surface area (Å²) in [5.41, 5.74) is 4.58. The summed E-state index contributed by atoms with van der Waals surface area (Å²) in [5, 5.41) is 0. The molecule has 2 aliphatic rings. The van der Waals surface area contributed by atoms with Gasteiger partial charge in [0.25, 0.3) is 0 Å². The number of rotatable bonds is 2. The van der Waals surface area contributed by atoms with Crippen molar-refractivity contribution in [2.75, 3.05) is 0 Å². The van der Waals surface area contributed by atoms with E-state index in [1.54, 1.807) is 14.4 Å². The summed E-state index contributed by atoms with van der Waals surface area (Å²) in [6.07, 6.45) is 10.5. The van der Waals surface area contributed by atoms with Crippen LogP contribution in [0.3, 0.4) is 0 Å². The van der Waals surface area contributed by atoms with Gasteiger partial charge in [-0.25, -0.2) is 0 Å². The molecule has 17 heavy (non-hydrogen) atoms. The SMILES string of the molecule is CC1=Cc2ccccc2[C]1(C)[Zr][C]1=CC=CC1. The minimum absolute atomic E-state index is 0.373. The number of hydrogen-bond acceptors (Lipinski definition) is 0. The van der Waals surface area contributed by atoms with Gasteiger partial charge in [-0.2, -0.15) is 0 Å². The minimum atomic E-state index is -0.574. The van der Waals surface area contributed by atoms with Gasteiger partial charge in [0, 0.05) is 0 Å². The van der Waals surface area contributed by atoms with Crippen molar-refractivity contribution in [3.05, 3.63) is 62.5 Å². The van der Waals surface area contributed by atoms with Crippen molar-refractivity contribution >= 4 is 6.08 Å². The third kappa shape index (κ3) is 1.85. The van der Waals surface area contributed by atoms with Crippen molar-refractivity contribution < 1.29 is 23.2 Å². The topological polar surface area (TPSA) is 0 Å². The molecule has 1 atom stereocenters. The summed E-state index contributed by atoms with van der Waals surface area (Å²) >= 11 is -0.574. The van der Waals surface area contributed by atoms with E-state index in [2.05, 4.69) is 62.4 Å². The quantitative estimate of drug-likeness (QED) is 0.766. The normalized spacial score (nSPS) is 25.5. The summed E-state index contributed by atoms with van der Waals surface area (Å²) in [5.74, 6) is 0. The predicted octanol–water partition coefficient (Wildman–Crippen LogP) is 4.25. The molecule has 0 amide bonds. The van der Waals surface area contributed by atoms with E-state index in [9.17, 15) is 0 Å². The molecular formula is C16H16Zr. The van der Waals surface area contributed by atoms with E-state index in [1.807, 2.05) is 0 Å². The second kappa shape index (κ2) is 4.21. The van der Waals surface area contributed by atoms with Gasteiger partial charge in [0.05, 0.1) is 0 Å². The first-order valence-electron chi connectivity index (χ1n) is 6.12. The van der Waals surface area contributed by atoms with Crippen LogP contribution in [-0.4, -0.2) is 0 Å². The van der Waals surface area contributed by atoms with Crippen LogP contribution in [0.1, 0.15) is 31.4 Å². The molecule has 0 aliphatic heterocycles. The maximum absolute atomic E-state index is 2.45. The van der Waals surface area contributed by atoms with E-state index < -0.39 is 23.2 Å². The Morgan fingerprint density at radius 1 is 1.24 bits per heavy atom. The Hall–Kier alpha value is -0.677. The van der Waals surface area contributed by atoms with Crippen molar-refractivity contribution in [1.29, 1.82) is 0 Å². The molecule has 0 fully saturated rings. The molecule has 0 nitrogen and oxygen atoms in total. The van der Waals surface area contributed by atoms with Crippen molar-refractivity contribution in [3.8, 4) is 0 Å². The van der Waals surface area contributed by atoms with Gasteiger partial charge >= 0.3 is 115 Å². The Morgan fingerprint density at radius 3 is 2.82 bits per heavy atom. The number of hydrogen-bond donors (Lipinski definition) is 0. The first-order chi connectivity index (χ1) is 8.20. The first kappa shape index (κ1) is 11.4. The van der Waals surface area contributed by atoms with Crippen molar-refractivity contribution in [1.82, 2.24) is 0 Å². The van der Waals surface area contributed by atoms with Crippen LogP contribution in [0.15, 0.2) is 51.3 Å². The number of fused-ring (bicyclic) bond motifs is 1. The standard InChI is InChI=1S/C11H11.C5H5.Zr/c1-8-7-10-5-3-4-6-11(10)9(8)2;1-2-4-5-3-1;/h3-7H,1-2H3;1-3H,4H2;. The molecule has 1 aromatic carbocycles. The molecule has 0 spiro atoms. The zero-order chi connectivity index (χ0) is 11.9. The molecule has 84 valence electrons. The van der Waals surface area contributed by atoms with E-state index in [4.69, 9.17) is 0 Å². The van der Waals surface area contributed by atoms with Gasteiger partial charge in [0.2, 0.25) is 0 Å². The van der Waals surface area contributed by atoms with Crippen LogP contribution in [0, 0.1) is 0 Å². The molecule has 0 bridgehead atoms. The van der Waals surface area contributed by atoms with Crippen molar-refractivity contribution in [2.45, 2.75) is 23.4 Å². The zero-order valence-electron chi connectivity index (χ0n) is 10.3. The van der Waals surface area contributed by atoms with Crippen molar-refractivity contribution in [3.63, 3.8) is 0 Å². The summed E-state index contributed by atoms with van der Waals surface area (Å²) in [4.78, 5) is 0. The maximum atomic E-state index is 2.45. The second-order valence-corrected chi connectivity index (χ2v) is 9.64. The fraction of sp³-hybridized carbons (Fsp3) is 0.250. The van der Waals surface area contributed by atoms with Crippen LogP contribution < -0.4 is 0 Å². The van der Waals surface area contributed by atoms with E-state index in [0.717, 1.165) is 0 Å². The van der Waals surface area contributed by atoms with E-state index in [0.29, 0.717) is 3.12 Å². The molecule has 1 aromatic rings. The molecule has 1 heteroatoms. The van der Waals surface area contributed by atoms with Gasteiger partial charge in [-0.3, -0.25) is 0 Å². The van der Waals surface area contributed by atoms with Crippen LogP contribution >= 0.6 is 0 Å². The summed E-state index contributed by atoms with van der Waals surface area (Å²) in [6.45, 7) is 4.76. The van der Waals surface area contributed by atoms with Crippen LogP contribution in [0.25, 0.3) is 6.08 Å². The average molecular weight is 300 g/mol. The van der Waals surface area contributed by atoms with Crippen molar-refractivity contribution in [2.24, 2.45) is 0 Å². The Balaban J connectivity index is 1.99. The third-order valence-electron chi connectivity index (χ3n) is 3.84. The Labute approximate surface area is 115 Å². The van der Waals surface area contributed by atoms with Gasteiger partial charge in [-0.15, -0.1) is 0 Å². The van der Waals surface area contributed by atoms with Crippen LogP contribution in [0.5, 0.6) is 0 Å². The van der Waals surface area contributed by atoms with Gasteiger partial charge in [-0.05, 0) is 0 Å². The Kier molecular flexibility index (Phi) is 2.83. The second-order valence-electron chi connectivity index (χ2n) is 4.99. The number of benzene rings is 1. The first-order valence-corrected chi connectivity index (χ1v) is 8.58. The van der Waals surface area contributed by atoms with E-state index in [1.165, 1.54) is 12.0 Å². The van der Waals surface area contributed by atoms with Crippen LogP contribution in [0.4, 0.5) is 0 Å². The van der Waals surface area contributed by atoms with Gasteiger partial charge < -0.3 is 0 Å². The molecule has 0 N–H and O–H groups in total. The zero-order valence-corrected chi connectivity index (χ0v) is 12.8. The van der Waals surface area contributed by atoms with Gasteiger partial charge in [0.15, 0.2) is 0 Å². The molecule has 0 saturated heterocycles. The van der Waals surface area contributed by atoms with Gasteiger partial charge in [0.1, 0.15) is 0 Å².